The largest absolute Gasteiger partial charge is 0.339 e. The first-order chi connectivity index (χ1) is 14.3. The normalized spacial score (nSPS) is 14.4. The molecular formula is C24H29ClN4O. The van der Waals surface area contributed by atoms with Gasteiger partial charge >= 0.3 is 0 Å². The van der Waals surface area contributed by atoms with Gasteiger partial charge in [0.05, 0.1) is 17.6 Å². The number of piperidine rings is 1. The fourth-order valence-electron chi connectivity index (χ4n) is 4.06. The van der Waals surface area contributed by atoms with Crippen LogP contribution in [0.25, 0.3) is 16.9 Å². The molecule has 1 N–H and O–H groups in total. The van der Waals surface area contributed by atoms with Crippen molar-refractivity contribution in [2.45, 2.75) is 19.3 Å². The number of nitrogens with one attached hydrogen (secondary N) is 1. The number of carbonyl (C=O) groups is 1. The van der Waals surface area contributed by atoms with Crippen LogP contribution in [0.1, 0.15) is 29.6 Å². The Kier molecular flexibility index (Phi) is 7.66. The zero-order valence-corrected chi connectivity index (χ0v) is 18.1. The van der Waals surface area contributed by atoms with Crippen LogP contribution in [0.2, 0.25) is 0 Å². The minimum Gasteiger partial charge on any atom is -0.339 e. The van der Waals surface area contributed by atoms with E-state index < -0.39 is 0 Å². The van der Waals surface area contributed by atoms with E-state index in [-0.39, 0.29) is 18.3 Å². The molecule has 0 spiro atoms. The van der Waals surface area contributed by atoms with Crippen LogP contribution in [0.15, 0.2) is 66.9 Å². The summed E-state index contributed by atoms with van der Waals surface area (Å²) in [6.07, 6.45) is 5.16. The van der Waals surface area contributed by atoms with Crippen molar-refractivity contribution in [3.63, 3.8) is 0 Å². The highest BCUT2D eigenvalue weighted by atomic mass is 35.5. The zero-order valence-electron chi connectivity index (χ0n) is 17.3. The van der Waals surface area contributed by atoms with Crippen LogP contribution >= 0.6 is 12.4 Å². The number of amides is 1. The molecule has 6 heteroatoms. The van der Waals surface area contributed by atoms with Gasteiger partial charge in [-0.15, -0.1) is 12.4 Å². The van der Waals surface area contributed by atoms with Gasteiger partial charge in [0, 0.05) is 24.2 Å². The Morgan fingerprint density at radius 2 is 1.83 bits per heavy atom. The number of hydrogen-bond acceptors (Lipinski definition) is 3. The predicted molar refractivity (Wildman–Crippen MR) is 123 cm³/mol. The molecule has 1 aromatic heterocycles. The molecule has 3 aromatic rings. The summed E-state index contributed by atoms with van der Waals surface area (Å²) in [6, 6.07) is 20.0. The zero-order chi connectivity index (χ0) is 20.1. The second-order valence-electron chi connectivity index (χ2n) is 7.67. The fourth-order valence-corrected chi connectivity index (χ4v) is 4.06. The van der Waals surface area contributed by atoms with Crippen LogP contribution in [-0.4, -0.2) is 47.3 Å². The van der Waals surface area contributed by atoms with E-state index in [4.69, 9.17) is 0 Å². The molecule has 0 bridgehead atoms. The molecular weight excluding hydrogens is 396 g/mol. The lowest BCUT2D eigenvalue weighted by Crippen LogP contribution is -2.39. The summed E-state index contributed by atoms with van der Waals surface area (Å²) in [4.78, 5) is 15.1. The standard InChI is InChI=1S/C24H28N4O.ClH/c1-25-14-10-19-12-16-27(17-13-19)24(29)21-8-5-9-22(18-21)28-23(11-15-26-28)20-6-3-2-4-7-20;/h2-9,11,15,18-19,25H,10,12-14,16-17H2,1H3;1H. The van der Waals surface area contributed by atoms with Crippen LogP contribution in [0.3, 0.4) is 0 Å². The maximum Gasteiger partial charge on any atom is 0.253 e. The van der Waals surface area contributed by atoms with Gasteiger partial charge in [-0.25, -0.2) is 4.68 Å². The monoisotopic (exact) mass is 424 g/mol. The van der Waals surface area contributed by atoms with Crippen LogP contribution in [-0.2, 0) is 0 Å². The van der Waals surface area contributed by atoms with Crippen molar-refractivity contribution in [1.29, 1.82) is 0 Å². The molecule has 2 heterocycles. The molecule has 1 aliphatic heterocycles. The minimum absolute atomic E-state index is 0. The van der Waals surface area contributed by atoms with Crippen molar-refractivity contribution in [2.75, 3.05) is 26.7 Å². The molecule has 2 aromatic carbocycles. The van der Waals surface area contributed by atoms with E-state index in [0.717, 1.165) is 60.9 Å². The van der Waals surface area contributed by atoms with E-state index in [2.05, 4.69) is 22.5 Å². The van der Waals surface area contributed by atoms with Crippen molar-refractivity contribution in [3.05, 3.63) is 72.4 Å². The van der Waals surface area contributed by atoms with Gasteiger partial charge in [0.25, 0.3) is 5.91 Å². The van der Waals surface area contributed by atoms with Crippen molar-refractivity contribution in [3.8, 4) is 16.9 Å². The molecule has 158 valence electrons. The van der Waals surface area contributed by atoms with Gasteiger partial charge in [-0.1, -0.05) is 36.4 Å². The maximum atomic E-state index is 13.1. The summed E-state index contributed by atoms with van der Waals surface area (Å²) in [5.41, 5.74) is 3.75. The number of likely N-dealkylation sites (tertiary alicyclic amines) is 1. The number of nitrogens with zero attached hydrogens (tertiary/aromatic N) is 3. The summed E-state index contributed by atoms with van der Waals surface area (Å²) in [6.45, 7) is 2.73. The van der Waals surface area contributed by atoms with Crippen molar-refractivity contribution >= 4 is 18.3 Å². The first kappa shape index (κ1) is 22.1. The summed E-state index contributed by atoms with van der Waals surface area (Å²) in [7, 11) is 1.99. The molecule has 1 aliphatic rings. The smallest absolute Gasteiger partial charge is 0.253 e. The number of carbonyl (C=O) groups excluding carboxylic acids is 1. The Bertz CT molecular complexity index is 949. The number of benzene rings is 2. The maximum absolute atomic E-state index is 13.1. The number of hydrogen-bond donors (Lipinski definition) is 1. The lowest BCUT2D eigenvalue weighted by molar-refractivity contribution is 0.0687. The molecule has 0 radical (unpaired) electrons. The van der Waals surface area contributed by atoms with Crippen LogP contribution in [0.5, 0.6) is 0 Å². The molecule has 1 saturated heterocycles. The number of halogens is 1. The van der Waals surface area contributed by atoms with E-state index in [0.29, 0.717) is 0 Å². The quantitative estimate of drug-likeness (QED) is 0.637. The highest BCUT2D eigenvalue weighted by Gasteiger charge is 2.23. The van der Waals surface area contributed by atoms with Gasteiger partial charge < -0.3 is 10.2 Å². The topological polar surface area (TPSA) is 50.2 Å². The highest BCUT2D eigenvalue weighted by Crippen LogP contribution is 2.24. The van der Waals surface area contributed by atoms with Gasteiger partial charge in [0.1, 0.15) is 0 Å². The SMILES string of the molecule is CNCCC1CCN(C(=O)c2cccc(-n3nccc3-c3ccccc3)c2)CC1.Cl. The van der Waals surface area contributed by atoms with E-state index in [1.165, 1.54) is 6.42 Å². The summed E-state index contributed by atoms with van der Waals surface area (Å²) >= 11 is 0. The van der Waals surface area contributed by atoms with Gasteiger partial charge in [-0.2, -0.15) is 5.10 Å². The summed E-state index contributed by atoms with van der Waals surface area (Å²) < 4.78 is 1.90. The molecule has 1 amide bonds. The number of rotatable bonds is 6. The third-order valence-corrected chi connectivity index (χ3v) is 5.75. The van der Waals surface area contributed by atoms with Crippen LogP contribution < -0.4 is 5.32 Å². The first-order valence-corrected chi connectivity index (χ1v) is 10.4. The molecule has 4 rings (SSSR count). The highest BCUT2D eigenvalue weighted by molar-refractivity contribution is 5.94. The van der Waals surface area contributed by atoms with Crippen molar-refractivity contribution < 1.29 is 4.79 Å². The molecule has 0 aliphatic carbocycles. The lowest BCUT2D eigenvalue weighted by Gasteiger charge is -2.32. The van der Waals surface area contributed by atoms with Crippen LogP contribution in [0, 0.1) is 5.92 Å². The Morgan fingerprint density at radius 3 is 2.57 bits per heavy atom. The minimum atomic E-state index is 0. The Labute approximate surface area is 184 Å². The molecule has 5 nitrogen and oxygen atoms in total. The predicted octanol–water partition coefficient (Wildman–Crippen LogP) is 4.42. The third kappa shape index (κ3) is 4.91. The van der Waals surface area contributed by atoms with Crippen molar-refractivity contribution in [2.24, 2.45) is 5.92 Å². The lowest BCUT2D eigenvalue weighted by atomic mass is 9.93. The summed E-state index contributed by atoms with van der Waals surface area (Å²) in [5, 5.41) is 7.72. The van der Waals surface area contributed by atoms with Crippen LogP contribution in [0.4, 0.5) is 0 Å². The molecule has 30 heavy (non-hydrogen) atoms. The molecule has 0 saturated carbocycles. The summed E-state index contributed by atoms with van der Waals surface area (Å²) in [5.74, 6) is 0.836. The second kappa shape index (κ2) is 10.4. The van der Waals surface area contributed by atoms with Gasteiger partial charge in [-0.05, 0) is 63.0 Å². The Morgan fingerprint density at radius 1 is 1.07 bits per heavy atom. The second-order valence-corrected chi connectivity index (χ2v) is 7.67. The van der Waals surface area contributed by atoms with Gasteiger partial charge in [0.2, 0.25) is 0 Å². The Hall–Kier alpha value is -2.63. The molecule has 0 atom stereocenters. The number of aromatic nitrogens is 2. The molecule has 1 fully saturated rings. The van der Waals surface area contributed by atoms with E-state index in [9.17, 15) is 4.79 Å². The molecule has 0 unspecified atom stereocenters. The average molecular weight is 425 g/mol. The van der Waals surface area contributed by atoms with Crippen molar-refractivity contribution in [1.82, 2.24) is 20.0 Å². The van der Waals surface area contributed by atoms with Gasteiger partial charge in [-0.3, -0.25) is 4.79 Å². The third-order valence-electron chi connectivity index (χ3n) is 5.75. The van der Waals surface area contributed by atoms with E-state index in [1.54, 1.807) is 6.20 Å². The van der Waals surface area contributed by atoms with E-state index >= 15 is 0 Å². The first-order valence-electron chi connectivity index (χ1n) is 10.4. The average Bonchev–Trinajstić information content (AvgIpc) is 3.28. The van der Waals surface area contributed by atoms with Gasteiger partial charge in [0.15, 0.2) is 0 Å². The Balaban J connectivity index is 0.00000256. The fraction of sp³-hybridized carbons (Fsp3) is 0.333. The van der Waals surface area contributed by atoms with E-state index in [1.807, 2.05) is 65.2 Å².